The number of fused-ring (bicyclic) bond motifs is 2. The summed E-state index contributed by atoms with van der Waals surface area (Å²) >= 11 is 5.56. The molecule has 0 saturated carbocycles. The van der Waals surface area contributed by atoms with Crippen LogP contribution in [0.15, 0.2) is 87.1 Å². The highest BCUT2D eigenvalue weighted by molar-refractivity contribution is 9.10. The monoisotopic (exact) mass is 664 g/mol. The van der Waals surface area contributed by atoms with Gasteiger partial charge in [-0.2, -0.15) is 0 Å². The molecular weight excluding hydrogens is 644 g/mol. The van der Waals surface area contributed by atoms with E-state index in [9.17, 15) is 29.3 Å². The quantitative estimate of drug-likeness (QED) is 0.168. The van der Waals surface area contributed by atoms with Gasteiger partial charge in [-0.1, -0.05) is 63.3 Å². The number of rotatable bonds is 6. The third kappa shape index (κ3) is 4.97. The molecule has 10 nitrogen and oxygen atoms in total. The maximum atomic E-state index is 13.9. The zero-order valence-corrected chi connectivity index (χ0v) is 25.1. The predicted octanol–water partition coefficient (Wildman–Crippen LogP) is 5.32. The van der Waals surface area contributed by atoms with Gasteiger partial charge in [0.2, 0.25) is 17.7 Å². The Morgan fingerprint density at radius 1 is 1.02 bits per heavy atom. The van der Waals surface area contributed by atoms with Gasteiger partial charge in [0, 0.05) is 33.1 Å². The largest absolute Gasteiger partial charge is 0.325 e. The number of halogens is 1. The molecule has 1 saturated heterocycles. The number of thiazole rings is 1. The summed E-state index contributed by atoms with van der Waals surface area (Å²) in [7, 11) is 0. The van der Waals surface area contributed by atoms with E-state index in [1.165, 1.54) is 28.8 Å². The van der Waals surface area contributed by atoms with E-state index in [1.807, 2.05) is 49.4 Å². The van der Waals surface area contributed by atoms with E-state index in [0.29, 0.717) is 15.6 Å². The third-order valence-electron chi connectivity index (χ3n) is 7.18. The highest BCUT2D eigenvalue weighted by Crippen LogP contribution is 2.54. The number of amides is 3. The minimum absolute atomic E-state index is 0.160. The number of aromatic nitrogens is 1. The van der Waals surface area contributed by atoms with Gasteiger partial charge in [-0.15, -0.1) is 0 Å². The van der Waals surface area contributed by atoms with Gasteiger partial charge < -0.3 is 5.32 Å². The molecule has 42 heavy (non-hydrogen) atoms. The van der Waals surface area contributed by atoms with Crippen LogP contribution in [0.2, 0.25) is 0 Å². The number of nitrogens with one attached hydrogen (secondary N) is 1. The van der Waals surface area contributed by atoms with E-state index < -0.39 is 39.7 Å². The van der Waals surface area contributed by atoms with Crippen molar-refractivity contribution in [2.75, 3.05) is 10.2 Å². The van der Waals surface area contributed by atoms with Gasteiger partial charge in [-0.3, -0.25) is 33.9 Å². The Bertz CT molecular complexity index is 1840. The first kappa shape index (κ1) is 28.1. The molecule has 2 aliphatic heterocycles. The molecule has 6 rings (SSSR count). The number of benzene rings is 3. The Hall–Kier alpha value is -4.07. The fourth-order valence-corrected chi connectivity index (χ4v) is 8.55. The van der Waals surface area contributed by atoms with Crippen LogP contribution in [-0.2, 0) is 20.9 Å². The van der Waals surface area contributed by atoms with Crippen LogP contribution in [0.3, 0.4) is 0 Å². The number of aryl methyl sites for hydroxylation is 1. The number of nitrogens with zero attached hydrogens (tertiary/aromatic N) is 3. The predicted molar refractivity (Wildman–Crippen MR) is 163 cm³/mol. The van der Waals surface area contributed by atoms with Crippen molar-refractivity contribution in [3.8, 4) is 0 Å². The van der Waals surface area contributed by atoms with Crippen molar-refractivity contribution in [3.05, 3.63) is 113 Å². The lowest BCUT2D eigenvalue weighted by molar-refractivity contribution is -0.384. The second kappa shape index (κ2) is 11.0. The Kier molecular flexibility index (Phi) is 7.33. The summed E-state index contributed by atoms with van der Waals surface area (Å²) in [6, 6.07) is 19.9. The van der Waals surface area contributed by atoms with Gasteiger partial charge >= 0.3 is 4.87 Å². The molecule has 3 aromatic carbocycles. The van der Waals surface area contributed by atoms with Crippen molar-refractivity contribution in [2.45, 2.75) is 29.7 Å². The van der Waals surface area contributed by atoms with Crippen molar-refractivity contribution in [2.24, 2.45) is 5.92 Å². The molecule has 13 heteroatoms. The number of non-ortho nitro benzene ring substituents is 1. The summed E-state index contributed by atoms with van der Waals surface area (Å²) in [6.07, 6.45) is 0. The molecule has 0 aliphatic carbocycles. The fourth-order valence-electron chi connectivity index (χ4n) is 5.36. The lowest BCUT2D eigenvalue weighted by atomic mass is 9.83. The second-order valence-electron chi connectivity index (χ2n) is 9.92. The van der Waals surface area contributed by atoms with Gasteiger partial charge in [-0.25, -0.2) is 4.90 Å². The molecule has 0 bridgehead atoms. The molecule has 3 heterocycles. The first-order chi connectivity index (χ1) is 20.1. The second-order valence-corrected chi connectivity index (χ2v) is 13.0. The SMILES string of the molecule is Cc1cccc(NC(=O)Cn2c3c(sc2=O)C(c2cccc(Br)c2)C2C(=O)N(c4ccc([N+](=O)[O-])cc4)C(=O)C2S3)c1. The van der Waals surface area contributed by atoms with E-state index in [4.69, 9.17) is 0 Å². The van der Waals surface area contributed by atoms with Gasteiger partial charge in [-0.05, 0) is 54.4 Å². The van der Waals surface area contributed by atoms with E-state index in [1.54, 1.807) is 6.07 Å². The lowest BCUT2D eigenvalue weighted by Gasteiger charge is -2.30. The third-order valence-corrected chi connectivity index (χ3v) is 10.3. The summed E-state index contributed by atoms with van der Waals surface area (Å²) in [5, 5.41) is 13.6. The molecule has 0 radical (unpaired) electrons. The zero-order chi connectivity index (χ0) is 29.7. The molecule has 4 aromatic rings. The molecule has 1 aromatic heterocycles. The summed E-state index contributed by atoms with van der Waals surface area (Å²) in [5.41, 5.74) is 2.39. The van der Waals surface area contributed by atoms with Crippen molar-refractivity contribution in [3.63, 3.8) is 0 Å². The van der Waals surface area contributed by atoms with Crippen LogP contribution in [0.1, 0.15) is 21.9 Å². The number of hydrogen-bond acceptors (Lipinski definition) is 8. The first-order valence-electron chi connectivity index (χ1n) is 12.8. The van der Waals surface area contributed by atoms with E-state index in [0.717, 1.165) is 43.6 Å². The molecule has 212 valence electrons. The normalized spacial score (nSPS) is 19.4. The minimum Gasteiger partial charge on any atom is -0.325 e. The number of carbonyl (C=O) groups excluding carboxylic acids is 3. The zero-order valence-electron chi connectivity index (χ0n) is 21.9. The average molecular weight is 666 g/mol. The standard InChI is InChI=1S/C29H21BrN4O6S2/c1-15-4-2-7-18(12-15)31-21(35)14-32-28-25(42-29(32)38)22(16-5-3-6-17(30)13-16)23-24(41-28)27(37)33(26(23)36)19-8-10-20(11-9-19)34(39)40/h2-13,22-24H,14H2,1H3,(H,31,35). The van der Waals surface area contributed by atoms with E-state index >= 15 is 0 Å². The van der Waals surface area contributed by atoms with Crippen molar-refractivity contribution >= 4 is 73.8 Å². The molecule has 2 aliphatic rings. The number of imide groups is 1. The lowest BCUT2D eigenvalue weighted by Crippen LogP contribution is -2.33. The number of carbonyl (C=O) groups is 3. The van der Waals surface area contributed by atoms with Crippen LogP contribution >= 0.6 is 39.0 Å². The number of nitro groups is 1. The number of hydrogen-bond donors (Lipinski definition) is 1. The van der Waals surface area contributed by atoms with Gasteiger partial charge in [0.05, 0.1) is 21.6 Å². The summed E-state index contributed by atoms with van der Waals surface area (Å²) in [5.74, 6) is -2.78. The fraction of sp³-hybridized carbons (Fsp3) is 0.172. The Morgan fingerprint density at radius 2 is 1.76 bits per heavy atom. The number of anilines is 2. The first-order valence-corrected chi connectivity index (χ1v) is 15.3. The molecule has 3 amide bonds. The Labute approximate surface area is 255 Å². The molecule has 1 N–H and O–H groups in total. The highest BCUT2D eigenvalue weighted by atomic mass is 79.9. The maximum Gasteiger partial charge on any atom is 0.308 e. The number of thioether (sulfide) groups is 1. The van der Waals surface area contributed by atoms with Gasteiger partial charge in [0.1, 0.15) is 11.8 Å². The topological polar surface area (TPSA) is 132 Å². The molecule has 3 atom stereocenters. The van der Waals surface area contributed by atoms with Crippen LogP contribution in [0.25, 0.3) is 0 Å². The van der Waals surface area contributed by atoms with Crippen LogP contribution in [0, 0.1) is 23.0 Å². The van der Waals surface area contributed by atoms with Crippen molar-refractivity contribution in [1.82, 2.24) is 4.57 Å². The van der Waals surface area contributed by atoms with Crippen molar-refractivity contribution < 1.29 is 19.3 Å². The smallest absolute Gasteiger partial charge is 0.308 e. The molecule has 3 unspecified atom stereocenters. The molecule has 0 spiro atoms. The van der Waals surface area contributed by atoms with Gasteiger partial charge in [0.25, 0.3) is 5.69 Å². The van der Waals surface area contributed by atoms with E-state index in [-0.39, 0.29) is 22.8 Å². The summed E-state index contributed by atoms with van der Waals surface area (Å²) < 4.78 is 2.13. The van der Waals surface area contributed by atoms with Crippen molar-refractivity contribution in [1.29, 1.82) is 0 Å². The maximum absolute atomic E-state index is 13.9. The Morgan fingerprint density at radius 3 is 2.45 bits per heavy atom. The van der Waals surface area contributed by atoms with Gasteiger partial charge in [0.15, 0.2) is 0 Å². The molecular formula is C29H21BrN4O6S2. The van der Waals surface area contributed by atoms with E-state index in [2.05, 4.69) is 21.2 Å². The van der Waals surface area contributed by atoms with Crippen LogP contribution in [0.4, 0.5) is 17.1 Å². The van der Waals surface area contributed by atoms with Crippen LogP contribution in [-0.4, -0.2) is 32.5 Å². The average Bonchev–Trinajstić information content (AvgIpc) is 3.39. The molecule has 1 fully saturated rings. The van der Waals surface area contributed by atoms with Crippen LogP contribution < -0.4 is 15.1 Å². The minimum atomic E-state index is -0.871. The summed E-state index contributed by atoms with van der Waals surface area (Å²) in [6.45, 7) is 1.65. The Balaban J connectivity index is 1.40. The summed E-state index contributed by atoms with van der Waals surface area (Å²) in [4.78, 5) is 66.0. The van der Waals surface area contributed by atoms with Crippen LogP contribution in [0.5, 0.6) is 0 Å². The number of nitro benzene ring substituents is 1. The highest BCUT2D eigenvalue weighted by Gasteiger charge is 2.56.